The molecular weight excluding hydrogens is 545 g/mol. The zero-order valence-electron chi connectivity index (χ0n) is 22.2. The normalized spacial score (nSPS) is 22.5. The highest BCUT2D eigenvalue weighted by Gasteiger charge is 2.50. The van der Waals surface area contributed by atoms with Crippen molar-refractivity contribution in [3.63, 3.8) is 0 Å². The first-order valence-corrected chi connectivity index (χ1v) is 13.3. The number of hydrogen-bond acceptors (Lipinski definition) is 7. The number of hydrogen-bond donors (Lipinski definition) is 3. The summed E-state index contributed by atoms with van der Waals surface area (Å²) in [6.07, 6.45) is 1.08. The van der Waals surface area contributed by atoms with Crippen LogP contribution in [0.5, 0.6) is 5.75 Å². The fraction of sp³-hybridized carbons (Fsp3) is 0.429. The van der Waals surface area contributed by atoms with E-state index in [-0.39, 0.29) is 53.8 Å². The Morgan fingerprint density at radius 2 is 1.93 bits per heavy atom. The molecule has 2 amide bonds. The molecule has 1 aromatic heterocycles. The fourth-order valence-corrected chi connectivity index (χ4v) is 5.47. The van der Waals surface area contributed by atoms with Crippen LogP contribution in [0.3, 0.4) is 0 Å². The Bertz CT molecular complexity index is 1490. The third kappa shape index (κ3) is 5.66. The summed E-state index contributed by atoms with van der Waals surface area (Å²) in [6, 6.07) is 5.26. The quantitative estimate of drug-likeness (QED) is 0.317. The number of urea groups is 1. The molecule has 0 radical (unpaired) electrons. The van der Waals surface area contributed by atoms with Crippen molar-refractivity contribution in [2.24, 2.45) is 5.92 Å². The monoisotopic (exact) mass is 574 g/mol. The number of Topliss-reactive ketones (excluding diaryl/α,β-unsaturated/α-hetero) is 1. The Labute approximate surface area is 232 Å². The van der Waals surface area contributed by atoms with Crippen molar-refractivity contribution in [1.29, 1.82) is 0 Å². The summed E-state index contributed by atoms with van der Waals surface area (Å²) in [6.45, 7) is 0.0146. The van der Waals surface area contributed by atoms with Crippen LogP contribution in [-0.4, -0.2) is 58.3 Å². The molecule has 2 heterocycles. The number of aromatic nitrogens is 1. The second kappa shape index (κ2) is 11.3. The first kappa shape index (κ1) is 28.2. The standard InChI is InChI=1S/C28H29F3N4O6/c1-40-21-10-6-17(29)14-20(21)34-26-33-19-9-5-16(23(30)24(19)41-26)13-22(36)28(31)11-2-12-35(28)27(39)32-18-7-3-15(4-8-18)25(37)38/h5-6,9-10,14-15,18H,2-4,7-8,11-13H2,1H3,(H,32,39)(H,33,34)(H,37,38). The van der Waals surface area contributed by atoms with Crippen LogP contribution in [0.25, 0.3) is 11.1 Å². The molecule has 1 aliphatic carbocycles. The maximum Gasteiger partial charge on any atom is 0.320 e. The molecule has 1 aliphatic heterocycles. The summed E-state index contributed by atoms with van der Waals surface area (Å²) in [5, 5.41) is 14.6. The lowest BCUT2D eigenvalue weighted by atomic mass is 9.86. The van der Waals surface area contributed by atoms with E-state index in [1.54, 1.807) is 0 Å². The summed E-state index contributed by atoms with van der Waals surface area (Å²) in [4.78, 5) is 42.3. The van der Waals surface area contributed by atoms with Crippen LogP contribution in [-0.2, 0) is 16.0 Å². The van der Waals surface area contributed by atoms with E-state index < -0.39 is 47.5 Å². The lowest BCUT2D eigenvalue weighted by Gasteiger charge is -2.33. The number of carboxylic acid groups (broad SMARTS) is 1. The van der Waals surface area contributed by atoms with Crippen LogP contribution in [0.15, 0.2) is 34.7 Å². The molecule has 1 saturated carbocycles. The number of rotatable bonds is 8. The van der Waals surface area contributed by atoms with Crippen LogP contribution < -0.4 is 15.4 Å². The van der Waals surface area contributed by atoms with E-state index in [4.69, 9.17) is 14.3 Å². The average Bonchev–Trinajstić information content (AvgIpc) is 3.55. The third-order valence-corrected chi connectivity index (χ3v) is 7.73. The minimum Gasteiger partial charge on any atom is -0.495 e. The van der Waals surface area contributed by atoms with Crippen molar-refractivity contribution < 1.29 is 41.8 Å². The van der Waals surface area contributed by atoms with Crippen LogP contribution in [0.2, 0.25) is 0 Å². The molecule has 218 valence electrons. The minimum atomic E-state index is -2.62. The van der Waals surface area contributed by atoms with Crippen LogP contribution in [0.4, 0.5) is 29.7 Å². The van der Waals surface area contributed by atoms with Gasteiger partial charge in [-0.15, -0.1) is 0 Å². The number of halogens is 3. The topological polar surface area (TPSA) is 134 Å². The van der Waals surface area contributed by atoms with Gasteiger partial charge in [0, 0.05) is 31.5 Å². The van der Waals surface area contributed by atoms with E-state index in [2.05, 4.69) is 15.6 Å². The molecular formula is C28H29F3N4O6. The molecule has 1 unspecified atom stereocenters. The van der Waals surface area contributed by atoms with E-state index >= 15 is 8.78 Å². The fourth-order valence-electron chi connectivity index (χ4n) is 5.47. The number of ether oxygens (including phenoxy) is 1. The van der Waals surface area contributed by atoms with Gasteiger partial charge in [-0.1, -0.05) is 6.07 Å². The van der Waals surface area contributed by atoms with Crippen molar-refractivity contribution in [2.75, 3.05) is 19.0 Å². The molecule has 0 spiro atoms. The van der Waals surface area contributed by atoms with Crippen LogP contribution in [0, 0.1) is 17.6 Å². The van der Waals surface area contributed by atoms with E-state index in [0.29, 0.717) is 31.4 Å². The number of amides is 2. The Hall–Kier alpha value is -4.29. The van der Waals surface area contributed by atoms with E-state index in [1.807, 2.05) is 0 Å². The summed E-state index contributed by atoms with van der Waals surface area (Å²) < 4.78 is 55.8. The molecule has 41 heavy (non-hydrogen) atoms. The number of carbonyl (C=O) groups is 3. The molecule has 5 rings (SSSR count). The first-order chi connectivity index (χ1) is 19.6. The Kier molecular flexibility index (Phi) is 7.78. The Morgan fingerprint density at radius 1 is 1.17 bits per heavy atom. The Morgan fingerprint density at radius 3 is 2.63 bits per heavy atom. The van der Waals surface area contributed by atoms with Crippen molar-refractivity contribution in [3.05, 3.63) is 47.5 Å². The predicted octanol–water partition coefficient (Wildman–Crippen LogP) is 5.08. The van der Waals surface area contributed by atoms with Crippen molar-refractivity contribution >= 4 is 40.6 Å². The van der Waals surface area contributed by atoms with Crippen molar-refractivity contribution in [1.82, 2.24) is 15.2 Å². The summed E-state index contributed by atoms with van der Waals surface area (Å²) in [5.74, 6) is -6.09. The number of aliphatic carboxylic acids is 1. The zero-order chi connectivity index (χ0) is 29.3. The van der Waals surface area contributed by atoms with Gasteiger partial charge in [-0.25, -0.2) is 18.0 Å². The van der Waals surface area contributed by atoms with Gasteiger partial charge in [0.15, 0.2) is 17.2 Å². The number of nitrogens with zero attached hydrogens (tertiary/aromatic N) is 2. The minimum absolute atomic E-state index is 0.0146. The number of likely N-dealkylation sites (tertiary alicyclic amines) is 1. The van der Waals surface area contributed by atoms with Gasteiger partial charge in [-0.2, -0.15) is 4.98 Å². The smallest absolute Gasteiger partial charge is 0.320 e. The van der Waals surface area contributed by atoms with Crippen molar-refractivity contribution in [3.8, 4) is 5.75 Å². The summed E-state index contributed by atoms with van der Waals surface area (Å²) in [5.41, 5.74) is -0.0985. The third-order valence-electron chi connectivity index (χ3n) is 7.73. The number of ketones is 1. The zero-order valence-corrected chi connectivity index (χ0v) is 22.2. The SMILES string of the molecule is COc1ccc(F)cc1Nc1nc2ccc(CC(=O)C3(F)CCCN3C(=O)NC3CCC(C(=O)O)CC3)c(F)c2o1. The molecule has 2 fully saturated rings. The summed E-state index contributed by atoms with van der Waals surface area (Å²) in [7, 11) is 1.40. The molecule has 3 N–H and O–H groups in total. The molecule has 2 aromatic carbocycles. The highest BCUT2D eigenvalue weighted by Crippen LogP contribution is 2.35. The van der Waals surface area contributed by atoms with Gasteiger partial charge in [0.05, 0.1) is 18.7 Å². The number of fused-ring (bicyclic) bond motifs is 1. The first-order valence-electron chi connectivity index (χ1n) is 13.3. The number of benzene rings is 2. The molecule has 2 aliphatic rings. The maximum atomic E-state index is 16.1. The molecule has 1 saturated heterocycles. The van der Waals surface area contributed by atoms with Crippen LogP contribution in [0.1, 0.15) is 44.1 Å². The highest BCUT2D eigenvalue weighted by molar-refractivity contribution is 5.93. The van der Waals surface area contributed by atoms with E-state index in [0.717, 1.165) is 11.0 Å². The van der Waals surface area contributed by atoms with Gasteiger partial charge in [-0.05, 0) is 55.9 Å². The lowest BCUT2D eigenvalue weighted by Crippen LogP contribution is -2.55. The van der Waals surface area contributed by atoms with E-state index in [9.17, 15) is 18.8 Å². The molecule has 13 heteroatoms. The number of oxazole rings is 1. The van der Waals surface area contributed by atoms with Crippen molar-refractivity contribution in [2.45, 2.75) is 56.8 Å². The summed E-state index contributed by atoms with van der Waals surface area (Å²) >= 11 is 0. The lowest BCUT2D eigenvalue weighted by molar-refractivity contribution is -0.143. The van der Waals surface area contributed by atoms with Gasteiger partial charge >= 0.3 is 12.0 Å². The second-order valence-corrected chi connectivity index (χ2v) is 10.3. The van der Waals surface area contributed by atoms with Gasteiger partial charge < -0.3 is 24.9 Å². The second-order valence-electron chi connectivity index (χ2n) is 10.3. The van der Waals surface area contributed by atoms with Gasteiger partial charge in [-0.3, -0.25) is 14.5 Å². The number of carbonyl (C=O) groups excluding carboxylic acids is 2. The molecule has 0 bridgehead atoms. The average molecular weight is 575 g/mol. The van der Waals surface area contributed by atoms with Crippen LogP contribution >= 0.6 is 0 Å². The van der Waals surface area contributed by atoms with Gasteiger partial charge in [0.2, 0.25) is 5.79 Å². The number of carboxylic acids is 1. The number of alkyl halides is 1. The maximum absolute atomic E-state index is 16.1. The highest BCUT2D eigenvalue weighted by atomic mass is 19.1. The Balaban J connectivity index is 1.28. The molecule has 10 nitrogen and oxygen atoms in total. The largest absolute Gasteiger partial charge is 0.495 e. The number of methoxy groups -OCH3 is 1. The van der Waals surface area contributed by atoms with Gasteiger partial charge in [0.1, 0.15) is 17.1 Å². The van der Waals surface area contributed by atoms with E-state index in [1.165, 1.54) is 31.4 Å². The predicted molar refractivity (Wildman–Crippen MR) is 141 cm³/mol. The number of anilines is 2. The molecule has 1 atom stereocenters. The number of nitrogens with one attached hydrogen (secondary N) is 2. The van der Waals surface area contributed by atoms with Gasteiger partial charge in [0.25, 0.3) is 6.01 Å². The molecule has 3 aromatic rings.